The average Bonchev–Trinajstić information content (AvgIpc) is 2.76. The number of nitrogens with zero attached hydrogens (tertiary/aromatic N) is 3. The van der Waals surface area contributed by atoms with Crippen LogP contribution in [0.2, 0.25) is 0 Å². The van der Waals surface area contributed by atoms with E-state index in [0.29, 0.717) is 16.5 Å². The molecule has 0 amide bonds. The zero-order valence-electron chi connectivity index (χ0n) is 16.5. The number of hydrogen-bond acceptors (Lipinski definition) is 8. The molecule has 0 aliphatic carbocycles. The maximum atomic E-state index is 13.1. The first kappa shape index (κ1) is 20.7. The van der Waals surface area contributed by atoms with Crippen LogP contribution in [0, 0.1) is 0 Å². The van der Waals surface area contributed by atoms with Gasteiger partial charge in [-0.1, -0.05) is 42.5 Å². The van der Waals surface area contributed by atoms with Crippen LogP contribution in [0.1, 0.15) is 13.8 Å². The summed E-state index contributed by atoms with van der Waals surface area (Å²) in [5.41, 5.74) is 2.55. The minimum atomic E-state index is -0.966. The lowest BCUT2D eigenvalue weighted by Crippen LogP contribution is -2.34. The second-order valence-electron chi connectivity index (χ2n) is 5.96. The molecule has 0 spiro atoms. The predicted octanol–water partition coefficient (Wildman–Crippen LogP) is 2.09. The molecule has 1 N–H and O–H groups in total. The van der Waals surface area contributed by atoms with Gasteiger partial charge in [-0.15, -0.1) is 5.10 Å². The number of rotatable bonds is 7. The average molecular weight is 408 g/mol. The minimum Gasteiger partial charge on any atom is -0.461 e. The third-order valence-corrected chi connectivity index (χ3v) is 4.01. The van der Waals surface area contributed by atoms with Crippen LogP contribution in [0.4, 0.5) is 0 Å². The molecule has 1 aromatic heterocycles. The first-order valence-electron chi connectivity index (χ1n) is 9.32. The third kappa shape index (κ3) is 4.35. The van der Waals surface area contributed by atoms with Crippen molar-refractivity contribution in [1.29, 1.82) is 0 Å². The molecule has 30 heavy (non-hydrogen) atoms. The SMILES string of the molecule is CCOC(=O)C(=NNn1c(-c2ccccc2)nc2ccccc2c1=O)C(=O)OCC. The highest BCUT2D eigenvalue weighted by molar-refractivity contribution is 6.62. The monoisotopic (exact) mass is 408 g/mol. The minimum absolute atomic E-state index is 0.0456. The number of esters is 2. The molecule has 0 fully saturated rings. The molecule has 0 aliphatic heterocycles. The van der Waals surface area contributed by atoms with E-state index in [0.717, 1.165) is 4.68 Å². The van der Waals surface area contributed by atoms with E-state index >= 15 is 0 Å². The molecule has 0 saturated carbocycles. The fraction of sp³-hybridized carbons (Fsp3) is 0.190. The normalized spacial score (nSPS) is 10.3. The Morgan fingerprint density at radius 2 is 1.57 bits per heavy atom. The van der Waals surface area contributed by atoms with Gasteiger partial charge in [0.05, 0.1) is 24.1 Å². The van der Waals surface area contributed by atoms with Crippen LogP contribution in [0.25, 0.3) is 22.3 Å². The molecular weight excluding hydrogens is 388 g/mol. The molecular formula is C21H20N4O5. The molecule has 0 unspecified atom stereocenters. The molecule has 3 rings (SSSR count). The Kier molecular flexibility index (Phi) is 6.53. The lowest BCUT2D eigenvalue weighted by Gasteiger charge is -2.13. The smallest absolute Gasteiger partial charge is 0.366 e. The van der Waals surface area contributed by atoms with E-state index in [2.05, 4.69) is 15.6 Å². The zero-order chi connectivity index (χ0) is 21.5. The van der Waals surface area contributed by atoms with Gasteiger partial charge in [0.1, 0.15) is 0 Å². The summed E-state index contributed by atoms with van der Waals surface area (Å²) in [6, 6.07) is 15.8. The summed E-state index contributed by atoms with van der Waals surface area (Å²) < 4.78 is 10.8. The maximum Gasteiger partial charge on any atom is 0.366 e. The fourth-order valence-electron chi connectivity index (χ4n) is 2.68. The highest BCUT2D eigenvalue weighted by Crippen LogP contribution is 2.17. The Hall–Kier alpha value is -4.01. The lowest BCUT2D eigenvalue weighted by molar-refractivity contribution is -0.140. The number of benzene rings is 2. The summed E-state index contributed by atoms with van der Waals surface area (Å²) >= 11 is 0. The van der Waals surface area contributed by atoms with E-state index in [9.17, 15) is 14.4 Å². The molecule has 0 radical (unpaired) electrons. The largest absolute Gasteiger partial charge is 0.461 e. The van der Waals surface area contributed by atoms with E-state index in [1.807, 2.05) is 6.07 Å². The van der Waals surface area contributed by atoms with E-state index < -0.39 is 23.2 Å². The summed E-state index contributed by atoms with van der Waals surface area (Å²) in [7, 11) is 0. The molecule has 2 aromatic carbocycles. The Labute approximate surface area is 171 Å². The molecule has 0 atom stereocenters. The first-order chi connectivity index (χ1) is 14.6. The van der Waals surface area contributed by atoms with Gasteiger partial charge in [0.2, 0.25) is 0 Å². The Morgan fingerprint density at radius 1 is 0.967 bits per heavy atom. The molecule has 0 bridgehead atoms. The van der Waals surface area contributed by atoms with Crippen LogP contribution in [0.15, 0.2) is 64.5 Å². The molecule has 9 heteroatoms. The lowest BCUT2D eigenvalue weighted by atomic mass is 10.2. The van der Waals surface area contributed by atoms with E-state index in [-0.39, 0.29) is 19.0 Å². The second-order valence-corrected chi connectivity index (χ2v) is 5.96. The maximum absolute atomic E-state index is 13.1. The molecule has 0 aliphatic rings. The van der Waals surface area contributed by atoms with Crippen molar-refractivity contribution in [2.24, 2.45) is 5.10 Å². The Morgan fingerprint density at radius 3 is 2.20 bits per heavy atom. The van der Waals surface area contributed by atoms with Crippen LogP contribution in [-0.4, -0.2) is 40.5 Å². The number of carbonyl (C=O) groups excluding carboxylic acids is 2. The van der Waals surface area contributed by atoms with Crippen LogP contribution in [-0.2, 0) is 19.1 Å². The van der Waals surface area contributed by atoms with Crippen LogP contribution >= 0.6 is 0 Å². The van der Waals surface area contributed by atoms with Crippen molar-refractivity contribution in [3.05, 3.63) is 65.0 Å². The van der Waals surface area contributed by atoms with E-state index in [4.69, 9.17) is 9.47 Å². The van der Waals surface area contributed by atoms with Gasteiger partial charge >= 0.3 is 11.9 Å². The number of hydrogen-bond donors (Lipinski definition) is 1. The molecule has 1 heterocycles. The summed E-state index contributed by atoms with van der Waals surface area (Å²) in [5.74, 6) is -1.67. The quantitative estimate of drug-likeness (QED) is 0.276. The van der Waals surface area contributed by atoms with E-state index in [1.165, 1.54) is 0 Å². The van der Waals surface area contributed by atoms with Crippen molar-refractivity contribution in [3.8, 4) is 11.4 Å². The number of aromatic nitrogens is 2. The first-order valence-corrected chi connectivity index (χ1v) is 9.32. The number of fused-ring (bicyclic) bond motifs is 1. The van der Waals surface area contributed by atoms with Gasteiger partial charge in [-0.2, -0.15) is 4.68 Å². The van der Waals surface area contributed by atoms with E-state index in [1.54, 1.807) is 62.4 Å². The van der Waals surface area contributed by atoms with Crippen LogP contribution in [0.3, 0.4) is 0 Å². The van der Waals surface area contributed by atoms with Gasteiger partial charge in [-0.05, 0) is 26.0 Å². The zero-order valence-corrected chi connectivity index (χ0v) is 16.5. The standard InChI is InChI=1S/C21H20N4O5/c1-3-29-20(27)17(21(28)30-4-2)23-24-25-18(14-10-6-5-7-11-14)22-16-13-9-8-12-15(16)19(25)26/h5-13,24H,3-4H2,1-2H3. The Balaban J connectivity index is 2.14. The predicted molar refractivity (Wildman–Crippen MR) is 112 cm³/mol. The van der Waals surface area contributed by atoms with Crippen molar-refractivity contribution in [3.63, 3.8) is 0 Å². The van der Waals surface area contributed by atoms with Gasteiger partial charge in [0.25, 0.3) is 11.3 Å². The van der Waals surface area contributed by atoms with Crippen molar-refractivity contribution >= 4 is 28.6 Å². The molecule has 3 aromatic rings. The third-order valence-electron chi connectivity index (χ3n) is 4.01. The second kappa shape index (κ2) is 9.46. The Bertz CT molecular complexity index is 1140. The topological polar surface area (TPSA) is 112 Å². The van der Waals surface area contributed by atoms with Gasteiger partial charge in [0, 0.05) is 5.56 Å². The van der Waals surface area contributed by atoms with Crippen molar-refractivity contribution in [2.75, 3.05) is 18.7 Å². The number of nitrogens with one attached hydrogen (secondary N) is 1. The summed E-state index contributed by atoms with van der Waals surface area (Å²) in [5, 5.41) is 4.17. The summed E-state index contributed by atoms with van der Waals surface area (Å²) in [4.78, 5) is 41.9. The molecule has 0 saturated heterocycles. The number of hydrazone groups is 1. The van der Waals surface area contributed by atoms with Crippen molar-refractivity contribution < 1.29 is 19.1 Å². The van der Waals surface area contributed by atoms with Gasteiger partial charge in [-0.3, -0.25) is 4.79 Å². The summed E-state index contributed by atoms with van der Waals surface area (Å²) in [6.45, 7) is 3.28. The van der Waals surface area contributed by atoms with Crippen molar-refractivity contribution in [2.45, 2.75) is 13.8 Å². The van der Waals surface area contributed by atoms with Crippen LogP contribution in [0.5, 0.6) is 0 Å². The molecule has 9 nitrogen and oxygen atoms in total. The number of carbonyl (C=O) groups is 2. The van der Waals surface area contributed by atoms with Crippen molar-refractivity contribution in [1.82, 2.24) is 9.66 Å². The highest BCUT2D eigenvalue weighted by atomic mass is 16.6. The highest BCUT2D eigenvalue weighted by Gasteiger charge is 2.24. The fourth-order valence-corrected chi connectivity index (χ4v) is 2.68. The molecule has 154 valence electrons. The van der Waals surface area contributed by atoms with Gasteiger partial charge < -0.3 is 9.47 Å². The van der Waals surface area contributed by atoms with Gasteiger partial charge in [-0.25, -0.2) is 20.1 Å². The van der Waals surface area contributed by atoms with Gasteiger partial charge in [0.15, 0.2) is 5.82 Å². The van der Waals surface area contributed by atoms with Crippen LogP contribution < -0.4 is 11.1 Å². The summed E-state index contributed by atoms with van der Waals surface area (Å²) in [6.07, 6.45) is 0. The number of para-hydroxylation sites is 1. The number of ether oxygens (including phenoxy) is 2.